The largest absolute Gasteiger partial charge is 0.394 e. The summed E-state index contributed by atoms with van der Waals surface area (Å²) in [5.74, 6) is 0. The highest BCUT2D eigenvalue weighted by Crippen LogP contribution is 2.10. The fourth-order valence-corrected chi connectivity index (χ4v) is 1.75. The van der Waals surface area contributed by atoms with Crippen molar-refractivity contribution in [2.24, 2.45) is 0 Å². The van der Waals surface area contributed by atoms with Crippen LogP contribution >= 0.6 is 0 Å². The van der Waals surface area contributed by atoms with Crippen LogP contribution in [0.2, 0.25) is 0 Å². The number of hydrogen-bond acceptors (Lipinski definition) is 4. The molecule has 1 rings (SSSR count). The zero-order valence-electron chi connectivity index (χ0n) is 10.2. The number of H-pyrrole nitrogens is 1. The fraction of sp³-hybridized carbons (Fsp3) is 0.727. The maximum absolute atomic E-state index is 9.28. The lowest BCUT2D eigenvalue weighted by atomic mass is 10.1. The molecule has 3 N–H and O–H groups in total. The Bertz CT molecular complexity index is 306. The lowest BCUT2D eigenvalue weighted by molar-refractivity contribution is 0.0669. The standard InChI is InChI=1S/C11H21N3O2/c1-8-11(9(2)13-12-8)4-5-14(3)6-10(16)7-15/h10,15-16H,4-7H2,1-3H3,(H,12,13). The van der Waals surface area contributed by atoms with Crippen LogP contribution in [0, 0.1) is 13.8 Å². The highest BCUT2D eigenvalue weighted by Gasteiger charge is 2.10. The second-order valence-electron chi connectivity index (χ2n) is 4.26. The molecule has 1 aromatic rings. The lowest BCUT2D eigenvalue weighted by Crippen LogP contribution is -2.32. The Morgan fingerprint density at radius 1 is 1.44 bits per heavy atom. The third-order valence-electron chi connectivity index (χ3n) is 2.76. The molecule has 0 saturated heterocycles. The molecule has 1 unspecified atom stereocenters. The Hall–Kier alpha value is -0.910. The number of aromatic nitrogens is 2. The number of aliphatic hydroxyl groups excluding tert-OH is 2. The number of aryl methyl sites for hydroxylation is 2. The van der Waals surface area contributed by atoms with E-state index in [9.17, 15) is 5.11 Å². The summed E-state index contributed by atoms with van der Waals surface area (Å²) in [7, 11) is 1.93. The molecule has 1 heterocycles. The second kappa shape index (κ2) is 5.98. The topological polar surface area (TPSA) is 72.4 Å². The predicted octanol–water partition coefficient (Wildman–Crippen LogP) is -0.146. The van der Waals surface area contributed by atoms with Gasteiger partial charge < -0.3 is 15.1 Å². The van der Waals surface area contributed by atoms with E-state index in [1.54, 1.807) is 0 Å². The molecule has 5 heteroatoms. The number of aliphatic hydroxyl groups is 2. The minimum absolute atomic E-state index is 0.186. The average Bonchev–Trinajstić information content (AvgIpc) is 2.56. The first kappa shape index (κ1) is 13.2. The van der Waals surface area contributed by atoms with Crippen molar-refractivity contribution in [3.05, 3.63) is 17.0 Å². The smallest absolute Gasteiger partial charge is 0.0897 e. The van der Waals surface area contributed by atoms with Gasteiger partial charge in [-0.15, -0.1) is 0 Å². The Morgan fingerprint density at radius 3 is 2.62 bits per heavy atom. The van der Waals surface area contributed by atoms with Crippen molar-refractivity contribution in [2.45, 2.75) is 26.4 Å². The van der Waals surface area contributed by atoms with Crippen molar-refractivity contribution < 1.29 is 10.2 Å². The summed E-state index contributed by atoms with van der Waals surface area (Å²) in [4.78, 5) is 2.01. The first-order chi connectivity index (χ1) is 7.54. The number of likely N-dealkylation sites (N-methyl/N-ethyl adjacent to an activating group) is 1. The molecule has 0 fully saturated rings. The van der Waals surface area contributed by atoms with Gasteiger partial charge in [0.15, 0.2) is 0 Å². The summed E-state index contributed by atoms with van der Waals surface area (Å²) in [5, 5.41) is 25.1. The molecule has 0 amide bonds. The highest BCUT2D eigenvalue weighted by molar-refractivity contribution is 5.23. The number of hydrogen-bond donors (Lipinski definition) is 3. The van der Waals surface area contributed by atoms with Crippen molar-refractivity contribution >= 4 is 0 Å². The molecule has 0 bridgehead atoms. The van der Waals surface area contributed by atoms with Crippen LogP contribution in [0.15, 0.2) is 0 Å². The zero-order chi connectivity index (χ0) is 12.1. The Morgan fingerprint density at radius 2 is 2.12 bits per heavy atom. The van der Waals surface area contributed by atoms with Crippen LogP contribution in [-0.2, 0) is 6.42 Å². The van der Waals surface area contributed by atoms with Gasteiger partial charge in [-0.25, -0.2) is 0 Å². The quantitative estimate of drug-likeness (QED) is 0.632. The molecule has 0 aromatic carbocycles. The number of nitrogens with one attached hydrogen (secondary N) is 1. The van der Waals surface area contributed by atoms with Crippen molar-refractivity contribution in [2.75, 3.05) is 26.7 Å². The van der Waals surface area contributed by atoms with Crippen molar-refractivity contribution in [1.82, 2.24) is 15.1 Å². The summed E-state index contributed by atoms with van der Waals surface area (Å²) < 4.78 is 0. The molecule has 0 spiro atoms. The summed E-state index contributed by atoms with van der Waals surface area (Å²) >= 11 is 0. The van der Waals surface area contributed by atoms with E-state index in [0.29, 0.717) is 6.54 Å². The maximum atomic E-state index is 9.28. The summed E-state index contributed by atoms with van der Waals surface area (Å²) in [5.41, 5.74) is 3.38. The molecule has 1 atom stereocenters. The van der Waals surface area contributed by atoms with E-state index in [1.165, 1.54) is 5.56 Å². The molecule has 92 valence electrons. The SMILES string of the molecule is Cc1n[nH]c(C)c1CCN(C)CC(O)CO. The van der Waals surface area contributed by atoms with Crippen LogP contribution in [-0.4, -0.2) is 58.2 Å². The molecule has 16 heavy (non-hydrogen) atoms. The average molecular weight is 227 g/mol. The van der Waals surface area contributed by atoms with E-state index in [-0.39, 0.29) is 6.61 Å². The first-order valence-electron chi connectivity index (χ1n) is 5.52. The molecular formula is C11H21N3O2. The highest BCUT2D eigenvalue weighted by atomic mass is 16.3. The summed E-state index contributed by atoms with van der Waals surface area (Å²) in [6, 6.07) is 0. The van der Waals surface area contributed by atoms with Gasteiger partial charge in [0.25, 0.3) is 0 Å². The van der Waals surface area contributed by atoms with E-state index < -0.39 is 6.10 Å². The lowest BCUT2D eigenvalue weighted by Gasteiger charge is -2.19. The van der Waals surface area contributed by atoms with Crippen LogP contribution in [0.3, 0.4) is 0 Å². The molecule has 0 aliphatic carbocycles. The van der Waals surface area contributed by atoms with Gasteiger partial charge in [-0.05, 0) is 32.9 Å². The fourth-order valence-electron chi connectivity index (χ4n) is 1.75. The number of rotatable bonds is 6. The summed E-state index contributed by atoms with van der Waals surface area (Å²) in [6.45, 7) is 5.15. The third-order valence-corrected chi connectivity index (χ3v) is 2.76. The van der Waals surface area contributed by atoms with Crippen LogP contribution in [0.25, 0.3) is 0 Å². The van der Waals surface area contributed by atoms with Crippen LogP contribution in [0.4, 0.5) is 0 Å². The molecule has 0 aliphatic rings. The van der Waals surface area contributed by atoms with Crippen molar-refractivity contribution in [1.29, 1.82) is 0 Å². The molecule has 1 aromatic heterocycles. The predicted molar refractivity (Wildman–Crippen MR) is 62.4 cm³/mol. The molecule has 0 saturated carbocycles. The third kappa shape index (κ3) is 3.59. The maximum Gasteiger partial charge on any atom is 0.0897 e. The number of nitrogens with zero attached hydrogens (tertiary/aromatic N) is 2. The molecular weight excluding hydrogens is 206 g/mol. The van der Waals surface area contributed by atoms with E-state index in [1.807, 2.05) is 25.8 Å². The van der Waals surface area contributed by atoms with Gasteiger partial charge in [0, 0.05) is 18.8 Å². The van der Waals surface area contributed by atoms with E-state index in [4.69, 9.17) is 5.11 Å². The Balaban J connectivity index is 2.40. The van der Waals surface area contributed by atoms with Crippen molar-refractivity contribution in [3.8, 4) is 0 Å². The van der Waals surface area contributed by atoms with Crippen LogP contribution < -0.4 is 0 Å². The molecule has 0 radical (unpaired) electrons. The minimum atomic E-state index is -0.656. The Kier molecular flexibility index (Phi) is 4.92. The van der Waals surface area contributed by atoms with Gasteiger partial charge in [0.2, 0.25) is 0 Å². The van der Waals surface area contributed by atoms with Gasteiger partial charge in [-0.3, -0.25) is 5.10 Å². The first-order valence-corrected chi connectivity index (χ1v) is 5.52. The number of aromatic amines is 1. The van der Waals surface area contributed by atoms with E-state index in [2.05, 4.69) is 10.2 Å². The normalized spacial score (nSPS) is 13.4. The van der Waals surface area contributed by atoms with E-state index in [0.717, 1.165) is 24.4 Å². The second-order valence-corrected chi connectivity index (χ2v) is 4.26. The van der Waals surface area contributed by atoms with Crippen LogP contribution in [0.5, 0.6) is 0 Å². The van der Waals surface area contributed by atoms with Gasteiger partial charge in [0.05, 0.1) is 18.4 Å². The summed E-state index contributed by atoms with van der Waals surface area (Å²) in [6.07, 6.45) is 0.250. The van der Waals surface area contributed by atoms with Gasteiger partial charge >= 0.3 is 0 Å². The van der Waals surface area contributed by atoms with Crippen molar-refractivity contribution in [3.63, 3.8) is 0 Å². The van der Waals surface area contributed by atoms with Gasteiger partial charge in [-0.2, -0.15) is 5.10 Å². The van der Waals surface area contributed by atoms with Gasteiger partial charge in [-0.1, -0.05) is 0 Å². The molecule has 0 aliphatic heterocycles. The van der Waals surface area contributed by atoms with Crippen LogP contribution in [0.1, 0.15) is 17.0 Å². The zero-order valence-corrected chi connectivity index (χ0v) is 10.2. The van der Waals surface area contributed by atoms with E-state index >= 15 is 0 Å². The Labute approximate surface area is 96.1 Å². The van der Waals surface area contributed by atoms with Gasteiger partial charge in [0.1, 0.15) is 0 Å². The minimum Gasteiger partial charge on any atom is -0.394 e. The molecule has 5 nitrogen and oxygen atoms in total. The monoisotopic (exact) mass is 227 g/mol.